The third-order valence-electron chi connectivity index (χ3n) is 4.74. The second kappa shape index (κ2) is 7.20. The highest BCUT2D eigenvalue weighted by molar-refractivity contribution is 7.87. The molecule has 2 unspecified atom stereocenters. The van der Waals surface area contributed by atoms with E-state index >= 15 is 0 Å². The van der Waals surface area contributed by atoms with Gasteiger partial charge in [-0.15, -0.1) is 0 Å². The molecule has 1 heterocycles. The van der Waals surface area contributed by atoms with E-state index < -0.39 is 10.2 Å². The smallest absolute Gasteiger partial charge is 0.279 e. The van der Waals surface area contributed by atoms with Crippen LogP contribution in [0.4, 0.5) is 0 Å². The van der Waals surface area contributed by atoms with Gasteiger partial charge in [-0.05, 0) is 43.9 Å². The summed E-state index contributed by atoms with van der Waals surface area (Å²) in [6.07, 6.45) is 6.86. The summed E-state index contributed by atoms with van der Waals surface area (Å²) in [6.45, 7) is 3.48. The van der Waals surface area contributed by atoms with Crippen molar-refractivity contribution in [2.75, 3.05) is 19.7 Å². The molecule has 1 saturated heterocycles. The van der Waals surface area contributed by atoms with E-state index in [4.69, 9.17) is 5.11 Å². The monoisotopic (exact) mass is 304 g/mol. The van der Waals surface area contributed by atoms with Gasteiger partial charge in [0, 0.05) is 25.7 Å². The van der Waals surface area contributed by atoms with Crippen molar-refractivity contribution >= 4 is 10.2 Å². The second-order valence-electron chi connectivity index (χ2n) is 6.46. The fraction of sp³-hybridized carbons (Fsp3) is 1.00. The standard InChI is InChI=1S/C14H28N2O3S/c1-12-3-2-4-14(6-5-12)15-20(18,19)16-9-7-13(11-17)8-10-16/h12-15,17H,2-11H2,1H3. The van der Waals surface area contributed by atoms with Gasteiger partial charge in [0.05, 0.1) is 0 Å². The Balaban J connectivity index is 1.87. The predicted octanol–water partition coefficient (Wildman–Crippen LogP) is 1.49. The number of hydrogen-bond donors (Lipinski definition) is 2. The van der Waals surface area contributed by atoms with Gasteiger partial charge in [-0.25, -0.2) is 0 Å². The zero-order valence-electron chi connectivity index (χ0n) is 12.4. The molecule has 1 saturated carbocycles. The van der Waals surface area contributed by atoms with Crippen LogP contribution >= 0.6 is 0 Å². The molecule has 20 heavy (non-hydrogen) atoms. The Morgan fingerprint density at radius 1 is 1.10 bits per heavy atom. The molecule has 0 aromatic carbocycles. The lowest BCUT2D eigenvalue weighted by molar-refractivity contribution is 0.169. The number of piperidine rings is 1. The highest BCUT2D eigenvalue weighted by Gasteiger charge is 2.30. The summed E-state index contributed by atoms with van der Waals surface area (Å²) < 4.78 is 29.2. The van der Waals surface area contributed by atoms with Gasteiger partial charge in [-0.2, -0.15) is 17.4 Å². The molecule has 2 aliphatic rings. The van der Waals surface area contributed by atoms with Gasteiger partial charge in [0.15, 0.2) is 0 Å². The highest BCUT2D eigenvalue weighted by Crippen LogP contribution is 2.24. The Morgan fingerprint density at radius 3 is 2.45 bits per heavy atom. The normalized spacial score (nSPS) is 31.1. The van der Waals surface area contributed by atoms with Crippen LogP contribution in [0.25, 0.3) is 0 Å². The minimum atomic E-state index is -3.35. The molecule has 0 spiro atoms. The van der Waals surface area contributed by atoms with Gasteiger partial charge in [-0.3, -0.25) is 0 Å². The Kier molecular flexibility index (Phi) is 5.84. The average molecular weight is 304 g/mol. The van der Waals surface area contributed by atoms with Crippen molar-refractivity contribution in [3.05, 3.63) is 0 Å². The van der Waals surface area contributed by atoms with Gasteiger partial charge >= 0.3 is 0 Å². The van der Waals surface area contributed by atoms with Crippen molar-refractivity contribution in [2.45, 2.75) is 57.9 Å². The van der Waals surface area contributed by atoms with E-state index in [1.165, 1.54) is 6.42 Å². The van der Waals surface area contributed by atoms with Crippen molar-refractivity contribution in [1.82, 2.24) is 9.03 Å². The van der Waals surface area contributed by atoms with E-state index in [0.717, 1.165) is 38.5 Å². The Labute approximate surface area is 122 Å². The third-order valence-corrected chi connectivity index (χ3v) is 6.42. The molecular weight excluding hydrogens is 276 g/mol. The quantitative estimate of drug-likeness (QED) is 0.773. The summed E-state index contributed by atoms with van der Waals surface area (Å²) in [7, 11) is -3.35. The van der Waals surface area contributed by atoms with E-state index in [1.54, 1.807) is 4.31 Å². The molecule has 5 nitrogen and oxygen atoms in total. The first-order valence-electron chi connectivity index (χ1n) is 7.89. The van der Waals surface area contributed by atoms with Gasteiger partial charge < -0.3 is 5.11 Å². The van der Waals surface area contributed by atoms with Crippen LogP contribution in [0.2, 0.25) is 0 Å². The molecule has 0 aromatic rings. The Morgan fingerprint density at radius 2 is 1.80 bits per heavy atom. The summed E-state index contributed by atoms with van der Waals surface area (Å²) in [5, 5.41) is 9.11. The molecule has 0 aromatic heterocycles. The minimum absolute atomic E-state index is 0.0977. The minimum Gasteiger partial charge on any atom is -0.396 e. The van der Waals surface area contributed by atoms with Crippen molar-refractivity contribution in [3.63, 3.8) is 0 Å². The zero-order chi connectivity index (χ0) is 14.6. The summed E-state index contributed by atoms with van der Waals surface area (Å²) in [4.78, 5) is 0. The first-order valence-corrected chi connectivity index (χ1v) is 9.33. The topological polar surface area (TPSA) is 69.6 Å². The maximum absolute atomic E-state index is 12.4. The van der Waals surface area contributed by atoms with Crippen molar-refractivity contribution in [1.29, 1.82) is 0 Å². The van der Waals surface area contributed by atoms with Crippen molar-refractivity contribution in [3.8, 4) is 0 Å². The lowest BCUT2D eigenvalue weighted by Gasteiger charge is -2.31. The summed E-state index contributed by atoms with van der Waals surface area (Å²) in [5.41, 5.74) is 0. The number of aliphatic hydroxyl groups is 1. The molecule has 1 aliphatic carbocycles. The van der Waals surface area contributed by atoms with Crippen molar-refractivity contribution in [2.24, 2.45) is 11.8 Å². The second-order valence-corrected chi connectivity index (χ2v) is 8.16. The van der Waals surface area contributed by atoms with Crippen LogP contribution in [0.3, 0.4) is 0 Å². The van der Waals surface area contributed by atoms with Gasteiger partial charge in [-0.1, -0.05) is 19.8 Å². The fourth-order valence-corrected chi connectivity index (χ4v) is 4.72. The number of rotatable bonds is 4. The molecule has 2 rings (SSSR count). The van der Waals surface area contributed by atoms with Gasteiger partial charge in [0.25, 0.3) is 10.2 Å². The SMILES string of the molecule is CC1CCCC(NS(=O)(=O)N2CCC(CO)CC2)CC1. The van der Waals surface area contributed by atoms with Crippen LogP contribution in [0, 0.1) is 11.8 Å². The fourth-order valence-electron chi connectivity index (χ4n) is 3.22. The van der Waals surface area contributed by atoms with Crippen LogP contribution in [0.15, 0.2) is 0 Å². The Bertz CT molecular complexity index is 391. The summed E-state index contributed by atoms with van der Waals surface area (Å²) >= 11 is 0. The van der Waals surface area contributed by atoms with E-state index in [-0.39, 0.29) is 18.6 Å². The molecule has 0 amide bonds. The maximum Gasteiger partial charge on any atom is 0.279 e. The van der Waals surface area contributed by atoms with E-state index in [1.807, 2.05) is 0 Å². The first kappa shape index (κ1) is 16.2. The number of nitrogens with zero attached hydrogens (tertiary/aromatic N) is 1. The van der Waals surface area contributed by atoms with Crippen molar-refractivity contribution < 1.29 is 13.5 Å². The summed E-state index contributed by atoms with van der Waals surface area (Å²) in [5.74, 6) is 0.977. The largest absolute Gasteiger partial charge is 0.396 e. The number of aliphatic hydroxyl groups excluding tert-OH is 1. The maximum atomic E-state index is 12.4. The summed E-state index contributed by atoms with van der Waals surface area (Å²) in [6, 6.07) is 0.0977. The molecular formula is C14H28N2O3S. The zero-order valence-corrected chi connectivity index (χ0v) is 13.2. The van der Waals surface area contributed by atoms with Crippen LogP contribution in [-0.2, 0) is 10.2 Å². The number of nitrogens with one attached hydrogen (secondary N) is 1. The average Bonchev–Trinajstić information content (AvgIpc) is 2.63. The van der Waals surface area contributed by atoms with Crippen LogP contribution < -0.4 is 4.72 Å². The molecule has 6 heteroatoms. The lowest BCUT2D eigenvalue weighted by Crippen LogP contribution is -2.48. The third kappa shape index (κ3) is 4.41. The molecule has 0 bridgehead atoms. The molecule has 2 atom stereocenters. The van der Waals surface area contributed by atoms with E-state index in [2.05, 4.69) is 11.6 Å². The predicted molar refractivity (Wildman–Crippen MR) is 79.5 cm³/mol. The van der Waals surface area contributed by atoms with Gasteiger partial charge in [0.1, 0.15) is 0 Å². The number of hydrogen-bond acceptors (Lipinski definition) is 3. The van der Waals surface area contributed by atoms with Crippen LogP contribution in [0.1, 0.15) is 51.9 Å². The van der Waals surface area contributed by atoms with Gasteiger partial charge in [0.2, 0.25) is 0 Å². The molecule has 118 valence electrons. The molecule has 2 fully saturated rings. The van der Waals surface area contributed by atoms with Crippen LogP contribution in [0.5, 0.6) is 0 Å². The van der Waals surface area contributed by atoms with E-state index in [9.17, 15) is 8.42 Å². The van der Waals surface area contributed by atoms with E-state index in [0.29, 0.717) is 19.0 Å². The lowest BCUT2D eigenvalue weighted by atomic mass is 10.00. The molecule has 1 aliphatic heterocycles. The Hall–Kier alpha value is -0.170. The molecule has 2 N–H and O–H groups in total. The first-order chi connectivity index (χ1) is 9.51. The highest BCUT2D eigenvalue weighted by atomic mass is 32.2. The van der Waals surface area contributed by atoms with Crippen LogP contribution in [-0.4, -0.2) is 43.6 Å². The molecule has 0 radical (unpaired) electrons.